The van der Waals surface area contributed by atoms with Crippen LogP contribution in [-0.4, -0.2) is 83.4 Å². The van der Waals surface area contributed by atoms with Crippen molar-refractivity contribution in [1.29, 1.82) is 0 Å². The third kappa shape index (κ3) is 3.53. The Bertz CT molecular complexity index is 1130. The number of aliphatic hydroxyl groups excluding tert-OH is 1. The average molecular weight is 552 g/mol. The van der Waals surface area contributed by atoms with Gasteiger partial charge in [-0.15, -0.1) is 16.9 Å². The molecule has 1 aromatic carbocycles. The van der Waals surface area contributed by atoms with Crippen molar-refractivity contribution in [2.24, 2.45) is 11.8 Å². The van der Waals surface area contributed by atoms with Crippen molar-refractivity contribution in [1.82, 2.24) is 25.2 Å². The van der Waals surface area contributed by atoms with Crippen LogP contribution in [0, 0.1) is 11.8 Å². The smallest absolute Gasteiger partial charge is 0.310 e. The summed E-state index contributed by atoms with van der Waals surface area (Å²) in [7, 11) is 0. The number of nitrogens with one attached hydrogen (secondary N) is 1. The number of aromatic nitrogens is 3. The summed E-state index contributed by atoms with van der Waals surface area (Å²) in [5.74, 6) is -2.14. The Kier molecular flexibility index (Phi) is 6.32. The molecule has 2 amide bonds. The third-order valence-corrected chi connectivity index (χ3v) is 10.2. The molecule has 0 aliphatic carbocycles. The lowest BCUT2D eigenvalue weighted by Gasteiger charge is -2.35. The van der Waals surface area contributed by atoms with Crippen LogP contribution in [0.4, 0.5) is 0 Å². The Morgan fingerprint density at radius 2 is 2.18 bits per heavy atom. The first kappa shape index (κ1) is 23.6. The number of alkyl halides is 1. The van der Waals surface area contributed by atoms with E-state index in [9.17, 15) is 19.5 Å². The van der Waals surface area contributed by atoms with E-state index >= 15 is 0 Å². The molecule has 0 radical (unpaired) electrons. The normalized spacial score (nSPS) is 31.8. The zero-order valence-electron chi connectivity index (χ0n) is 18.6. The number of aliphatic hydroxyl groups is 1. The van der Waals surface area contributed by atoms with Gasteiger partial charge in [-0.1, -0.05) is 33.3 Å². The first-order valence-corrected chi connectivity index (χ1v) is 13.2. The minimum absolute atomic E-state index is 0.0108. The van der Waals surface area contributed by atoms with Crippen molar-refractivity contribution in [3.8, 4) is 0 Å². The number of fused-ring (bicyclic) bond motifs is 2. The van der Waals surface area contributed by atoms with Crippen LogP contribution < -0.4 is 5.32 Å². The van der Waals surface area contributed by atoms with E-state index in [1.807, 2.05) is 24.3 Å². The lowest BCUT2D eigenvalue weighted by atomic mass is 9.71. The number of ether oxygens (including phenoxy) is 1. The number of para-hydroxylation sites is 1. The van der Waals surface area contributed by atoms with E-state index in [0.29, 0.717) is 12.8 Å². The number of carbonyl (C=O) groups excluding carboxylic acids is 3. The number of thioether (sulfide) groups is 1. The number of halogens is 1. The molecule has 4 heterocycles. The van der Waals surface area contributed by atoms with Crippen LogP contribution in [-0.2, 0) is 25.8 Å². The van der Waals surface area contributed by atoms with Gasteiger partial charge in [-0.25, -0.2) is 4.68 Å². The van der Waals surface area contributed by atoms with Crippen LogP contribution in [0.3, 0.4) is 0 Å². The summed E-state index contributed by atoms with van der Waals surface area (Å²) in [6, 6.07) is 6.69. The second kappa shape index (κ2) is 9.12. The van der Waals surface area contributed by atoms with Gasteiger partial charge in [0.1, 0.15) is 18.2 Å². The molecule has 3 aliphatic rings. The number of nitrogens with zero attached hydrogens (tertiary/aromatic N) is 4. The highest BCUT2D eigenvalue weighted by Crippen LogP contribution is 2.67. The Morgan fingerprint density at radius 3 is 2.94 bits per heavy atom. The Hall–Kier alpha value is -2.18. The highest BCUT2D eigenvalue weighted by Gasteiger charge is 2.75. The maximum absolute atomic E-state index is 13.7. The number of carbonyl (C=O) groups is 3. The summed E-state index contributed by atoms with van der Waals surface area (Å²) in [6.45, 7) is 2.22. The molecule has 3 unspecified atom stereocenters. The zero-order chi connectivity index (χ0) is 24.0. The molecule has 2 bridgehead atoms. The minimum Gasteiger partial charge on any atom is -0.466 e. The number of hydrogen-bond donors (Lipinski definition) is 2. The lowest BCUT2D eigenvalue weighted by molar-refractivity contribution is -0.153. The zero-order valence-corrected chi connectivity index (χ0v) is 21.0. The first-order valence-electron chi connectivity index (χ1n) is 11.4. The largest absolute Gasteiger partial charge is 0.466 e. The summed E-state index contributed by atoms with van der Waals surface area (Å²) in [6.07, 6.45) is 0.941. The molecule has 0 saturated carbocycles. The van der Waals surface area contributed by atoms with Crippen molar-refractivity contribution in [3.63, 3.8) is 0 Å². The Morgan fingerprint density at radius 1 is 1.38 bits per heavy atom. The summed E-state index contributed by atoms with van der Waals surface area (Å²) < 4.78 is 6.19. The number of rotatable bonds is 8. The third-order valence-electron chi connectivity index (χ3n) is 6.98. The van der Waals surface area contributed by atoms with E-state index < -0.39 is 22.6 Å². The molecule has 3 fully saturated rings. The van der Waals surface area contributed by atoms with Gasteiger partial charge < -0.3 is 20.1 Å². The van der Waals surface area contributed by atoms with Crippen LogP contribution in [0.5, 0.6) is 0 Å². The van der Waals surface area contributed by atoms with E-state index in [0.717, 1.165) is 11.0 Å². The molecule has 2 N–H and O–H groups in total. The standard InChI is InChI=1S/C22H26BrN5O5S/c1-2-33-21(32)15-16-20(31)27(8-5-9-29)18(22(16)10-12(23)17(15)34-22)19(30)24-11-28-14-7-4-3-6-13(14)25-26-28/h3-4,6-7,12,15-18,29H,2,5,8-11H2,1H3,(H,24,30)/t12?,15-,16-,17-,18?,22?/m0/s1. The second-order valence-corrected chi connectivity index (χ2v) is 11.5. The summed E-state index contributed by atoms with van der Waals surface area (Å²) in [4.78, 5) is 41.7. The van der Waals surface area contributed by atoms with E-state index in [1.54, 1.807) is 28.3 Å². The maximum atomic E-state index is 13.7. The molecule has 3 aliphatic heterocycles. The van der Waals surface area contributed by atoms with Gasteiger partial charge in [0.05, 0.1) is 28.7 Å². The van der Waals surface area contributed by atoms with Gasteiger partial charge in [0, 0.05) is 23.2 Å². The molecule has 10 nitrogen and oxygen atoms in total. The first-order chi connectivity index (χ1) is 16.4. The van der Waals surface area contributed by atoms with Gasteiger partial charge in [0.25, 0.3) is 0 Å². The molecule has 1 spiro atoms. The Labute approximate surface area is 208 Å². The van der Waals surface area contributed by atoms with Gasteiger partial charge in [-0.2, -0.15) is 0 Å². The molecule has 1 aromatic heterocycles. The van der Waals surface area contributed by atoms with Crippen LogP contribution >= 0.6 is 27.7 Å². The molecular formula is C22H26BrN5O5S. The van der Waals surface area contributed by atoms with E-state index in [4.69, 9.17) is 4.74 Å². The fourth-order valence-electron chi connectivity index (χ4n) is 5.70. The van der Waals surface area contributed by atoms with Gasteiger partial charge in [0.15, 0.2) is 0 Å². The molecular weight excluding hydrogens is 526 g/mol. The molecule has 5 rings (SSSR count). The number of benzene rings is 1. The van der Waals surface area contributed by atoms with Crippen molar-refractivity contribution >= 4 is 56.5 Å². The molecule has 34 heavy (non-hydrogen) atoms. The van der Waals surface area contributed by atoms with Gasteiger partial charge in [-0.05, 0) is 31.9 Å². The molecule has 3 saturated heterocycles. The van der Waals surface area contributed by atoms with Crippen LogP contribution in [0.2, 0.25) is 0 Å². The number of amides is 2. The van der Waals surface area contributed by atoms with Gasteiger partial charge in [0.2, 0.25) is 11.8 Å². The van der Waals surface area contributed by atoms with E-state index in [2.05, 4.69) is 31.6 Å². The SMILES string of the molecule is CCOC(=O)[C@H]1[C@H]2C(=O)N(CCCO)C(C(=O)NCn3nnc4ccccc43)C23CC(Br)[C@@H]1S3. The van der Waals surface area contributed by atoms with Crippen molar-refractivity contribution in [2.75, 3.05) is 19.8 Å². The Balaban J connectivity index is 1.45. The molecule has 2 aromatic rings. The van der Waals surface area contributed by atoms with Crippen LogP contribution in [0.15, 0.2) is 24.3 Å². The molecule has 182 valence electrons. The minimum atomic E-state index is -0.763. The van der Waals surface area contributed by atoms with E-state index in [-0.39, 0.29) is 54.3 Å². The van der Waals surface area contributed by atoms with E-state index in [1.165, 1.54) is 0 Å². The highest BCUT2D eigenvalue weighted by molar-refractivity contribution is 9.09. The topological polar surface area (TPSA) is 127 Å². The van der Waals surface area contributed by atoms with Gasteiger partial charge >= 0.3 is 5.97 Å². The summed E-state index contributed by atoms with van der Waals surface area (Å²) in [5, 5.41) is 20.4. The maximum Gasteiger partial charge on any atom is 0.310 e. The monoisotopic (exact) mass is 551 g/mol. The van der Waals surface area contributed by atoms with Crippen molar-refractivity contribution in [3.05, 3.63) is 24.3 Å². The fraction of sp³-hybridized carbons (Fsp3) is 0.591. The van der Waals surface area contributed by atoms with Gasteiger partial charge in [-0.3, -0.25) is 14.4 Å². The van der Waals surface area contributed by atoms with Crippen molar-refractivity contribution in [2.45, 2.75) is 47.3 Å². The average Bonchev–Trinajstić information content (AvgIpc) is 3.53. The lowest BCUT2D eigenvalue weighted by Crippen LogP contribution is -2.54. The molecule has 6 atom stereocenters. The summed E-state index contributed by atoms with van der Waals surface area (Å²) in [5.41, 5.74) is 1.51. The quantitative estimate of drug-likeness (QED) is 0.366. The molecule has 12 heteroatoms. The number of esters is 1. The second-order valence-electron chi connectivity index (χ2n) is 8.80. The van der Waals surface area contributed by atoms with Crippen LogP contribution in [0.25, 0.3) is 11.0 Å². The number of hydrogen-bond acceptors (Lipinski definition) is 8. The predicted octanol–water partition coefficient (Wildman–Crippen LogP) is 0.915. The fourth-order valence-corrected chi connectivity index (χ4v) is 9.30. The number of likely N-dealkylation sites (tertiary alicyclic amines) is 1. The summed E-state index contributed by atoms with van der Waals surface area (Å²) >= 11 is 5.26. The predicted molar refractivity (Wildman–Crippen MR) is 128 cm³/mol. The van der Waals surface area contributed by atoms with Crippen molar-refractivity contribution < 1.29 is 24.2 Å². The highest BCUT2D eigenvalue weighted by atomic mass is 79.9. The van der Waals surface area contributed by atoms with Crippen LogP contribution in [0.1, 0.15) is 19.8 Å².